The minimum absolute atomic E-state index is 0.0682. The van der Waals surface area contributed by atoms with E-state index >= 15 is 0 Å². The topological polar surface area (TPSA) is 73.6 Å². The van der Waals surface area contributed by atoms with Crippen molar-refractivity contribution < 1.29 is 14.3 Å². The van der Waals surface area contributed by atoms with Crippen LogP contribution in [0, 0.1) is 3.57 Å². The van der Waals surface area contributed by atoms with E-state index in [0.717, 1.165) is 3.57 Å². The molecule has 0 fully saturated rings. The number of amides is 1. The lowest BCUT2D eigenvalue weighted by molar-refractivity contribution is 0.0940. The van der Waals surface area contributed by atoms with Crippen molar-refractivity contribution in [2.45, 2.75) is 13.0 Å². The van der Waals surface area contributed by atoms with Gasteiger partial charge in [0, 0.05) is 16.2 Å². The molecule has 0 spiro atoms. The molecule has 5 nitrogen and oxygen atoms in total. The zero-order valence-electron chi connectivity index (χ0n) is 10.6. The fraction of sp³-hybridized carbons (Fsp3) is 0.417. The predicted molar refractivity (Wildman–Crippen MR) is 78.2 cm³/mol. The lowest BCUT2D eigenvalue weighted by atomic mass is 10.1. The van der Waals surface area contributed by atoms with Gasteiger partial charge in [0.15, 0.2) is 11.5 Å². The molecule has 1 atom stereocenters. The van der Waals surface area contributed by atoms with Gasteiger partial charge in [0.2, 0.25) is 0 Å². The SMILES string of the molecule is COc1cc(I)c(C(=O)N[C@@H](C)CN)cc1OC. The van der Waals surface area contributed by atoms with Crippen LogP contribution in [0.25, 0.3) is 0 Å². The maximum Gasteiger partial charge on any atom is 0.252 e. The quantitative estimate of drug-likeness (QED) is 0.775. The average Bonchev–Trinajstić information content (AvgIpc) is 2.37. The van der Waals surface area contributed by atoms with Crippen molar-refractivity contribution in [1.82, 2.24) is 5.32 Å². The number of carbonyl (C=O) groups excluding carboxylic acids is 1. The van der Waals surface area contributed by atoms with Gasteiger partial charge in [-0.25, -0.2) is 0 Å². The van der Waals surface area contributed by atoms with Crippen LogP contribution in [0.2, 0.25) is 0 Å². The molecule has 1 rings (SSSR count). The number of ether oxygens (including phenoxy) is 2. The Balaban J connectivity index is 3.05. The molecule has 100 valence electrons. The number of benzene rings is 1. The monoisotopic (exact) mass is 364 g/mol. The molecule has 0 unspecified atom stereocenters. The molecule has 1 aromatic rings. The summed E-state index contributed by atoms with van der Waals surface area (Å²) in [7, 11) is 3.10. The van der Waals surface area contributed by atoms with Gasteiger partial charge in [-0.2, -0.15) is 0 Å². The van der Waals surface area contributed by atoms with Gasteiger partial charge in [0.05, 0.1) is 19.8 Å². The minimum atomic E-state index is -0.168. The number of nitrogens with one attached hydrogen (secondary N) is 1. The number of rotatable bonds is 5. The Kier molecular flexibility index (Phi) is 5.67. The second kappa shape index (κ2) is 6.79. The lowest BCUT2D eigenvalue weighted by Gasteiger charge is -2.14. The highest BCUT2D eigenvalue weighted by molar-refractivity contribution is 14.1. The van der Waals surface area contributed by atoms with Gasteiger partial charge in [0.1, 0.15) is 0 Å². The molecule has 0 aliphatic carbocycles. The highest BCUT2D eigenvalue weighted by Crippen LogP contribution is 2.31. The van der Waals surface area contributed by atoms with Crippen molar-refractivity contribution >= 4 is 28.5 Å². The summed E-state index contributed by atoms with van der Waals surface area (Å²) in [6.07, 6.45) is 0. The van der Waals surface area contributed by atoms with Gasteiger partial charge < -0.3 is 20.5 Å². The van der Waals surface area contributed by atoms with Crippen LogP contribution in [-0.2, 0) is 0 Å². The standard InChI is InChI=1S/C12H17IN2O3/c1-7(6-14)15-12(16)8-4-10(17-2)11(18-3)5-9(8)13/h4-5,7H,6,14H2,1-3H3,(H,15,16)/t7-/m0/s1. The zero-order valence-corrected chi connectivity index (χ0v) is 12.8. The van der Waals surface area contributed by atoms with E-state index in [1.807, 2.05) is 6.92 Å². The smallest absolute Gasteiger partial charge is 0.252 e. The third kappa shape index (κ3) is 3.49. The van der Waals surface area contributed by atoms with E-state index in [2.05, 4.69) is 27.9 Å². The number of hydrogen-bond donors (Lipinski definition) is 2. The first-order chi connectivity index (χ1) is 8.53. The average molecular weight is 364 g/mol. The van der Waals surface area contributed by atoms with Gasteiger partial charge in [-0.1, -0.05) is 0 Å². The minimum Gasteiger partial charge on any atom is -0.493 e. The number of hydrogen-bond acceptors (Lipinski definition) is 4. The van der Waals surface area contributed by atoms with Crippen LogP contribution in [0.15, 0.2) is 12.1 Å². The Morgan fingerprint density at radius 1 is 1.39 bits per heavy atom. The van der Waals surface area contributed by atoms with E-state index in [4.69, 9.17) is 15.2 Å². The summed E-state index contributed by atoms with van der Waals surface area (Å²) in [4.78, 5) is 12.0. The lowest BCUT2D eigenvalue weighted by Crippen LogP contribution is -2.38. The Hall–Kier alpha value is -1.02. The molecule has 0 bridgehead atoms. The van der Waals surface area contributed by atoms with Crippen LogP contribution in [0.1, 0.15) is 17.3 Å². The second-order valence-electron chi connectivity index (χ2n) is 3.80. The molecule has 0 aliphatic rings. The summed E-state index contributed by atoms with van der Waals surface area (Å²) >= 11 is 2.09. The fourth-order valence-corrected chi connectivity index (χ4v) is 2.07. The van der Waals surface area contributed by atoms with Crippen LogP contribution in [0.3, 0.4) is 0 Å². The molecule has 6 heteroatoms. The van der Waals surface area contributed by atoms with E-state index in [0.29, 0.717) is 23.6 Å². The normalized spacial score (nSPS) is 11.8. The van der Waals surface area contributed by atoms with Crippen molar-refractivity contribution in [3.8, 4) is 11.5 Å². The molecule has 0 aliphatic heterocycles. The van der Waals surface area contributed by atoms with Gasteiger partial charge in [-0.3, -0.25) is 4.79 Å². The Morgan fingerprint density at radius 3 is 2.44 bits per heavy atom. The molecular weight excluding hydrogens is 347 g/mol. The summed E-state index contributed by atoms with van der Waals surface area (Å²) < 4.78 is 11.2. The van der Waals surface area contributed by atoms with Crippen LogP contribution >= 0.6 is 22.6 Å². The van der Waals surface area contributed by atoms with Crippen LogP contribution in [-0.4, -0.2) is 32.7 Å². The van der Waals surface area contributed by atoms with Crippen molar-refractivity contribution in [3.63, 3.8) is 0 Å². The molecular formula is C12H17IN2O3. The Morgan fingerprint density at radius 2 is 1.94 bits per heavy atom. The van der Waals surface area contributed by atoms with Crippen LogP contribution in [0.5, 0.6) is 11.5 Å². The molecule has 0 saturated heterocycles. The van der Waals surface area contributed by atoms with Crippen molar-refractivity contribution in [1.29, 1.82) is 0 Å². The first-order valence-corrected chi connectivity index (χ1v) is 6.53. The predicted octanol–water partition coefficient (Wildman–Crippen LogP) is 1.39. The molecule has 1 amide bonds. The second-order valence-corrected chi connectivity index (χ2v) is 4.96. The Bertz CT molecular complexity index is 438. The summed E-state index contributed by atoms with van der Waals surface area (Å²) in [5.74, 6) is 0.965. The van der Waals surface area contributed by atoms with Crippen LogP contribution in [0.4, 0.5) is 0 Å². The third-order valence-electron chi connectivity index (χ3n) is 2.45. The maximum atomic E-state index is 12.0. The molecule has 0 radical (unpaired) electrons. The molecule has 1 aromatic carbocycles. The summed E-state index contributed by atoms with van der Waals surface area (Å²) in [6, 6.07) is 3.36. The molecule has 3 N–H and O–H groups in total. The number of carbonyl (C=O) groups is 1. The van der Waals surface area contributed by atoms with E-state index in [9.17, 15) is 4.79 Å². The van der Waals surface area contributed by atoms with Crippen LogP contribution < -0.4 is 20.5 Å². The largest absolute Gasteiger partial charge is 0.493 e. The van der Waals surface area contributed by atoms with E-state index < -0.39 is 0 Å². The fourth-order valence-electron chi connectivity index (χ4n) is 1.39. The van der Waals surface area contributed by atoms with Crippen molar-refractivity contribution in [2.24, 2.45) is 5.73 Å². The van der Waals surface area contributed by atoms with Gasteiger partial charge in [0.25, 0.3) is 5.91 Å². The highest BCUT2D eigenvalue weighted by atomic mass is 127. The number of methoxy groups -OCH3 is 2. The van der Waals surface area contributed by atoms with Gasteiger partial charge in [-0.15, -0.1) is 0 Å². The molecule has 0 aromatic heterocycles. The maximum absolute atomic E-state index is 12.0. The number of nitrogens with two attached hydrogens (primary N) is 1. The van der Waals surface area contributed by atoms with E-state index in [-0.39, 0.29) is 11.9 Å². The Labute approximate surface area is 120 Å². The van der Waals surface area contributed by atoms with E-state index in [1.54, 1.807) is 19.2 Å². The van der Waals surface area contributed by atoms with Gasteiger partial charge >= 0.3 is 0 Å². The summed E-state index contributed by atoms with van der Waals surface area (Å²) in [6.45, 7) is 2.25. The first kappa shape index (κ1) is 15.0. The number of halogens is 1. The third-order valence-corrected chi connectivity index (χ3v) is 3.34. The highest BCUT2D eigenvalue weighted by Gasteiger charge is 2.16. The molecule has 0 heterocycles. The van der Waals surface area contributed by atoms with Gasteiger partial charge in [-0.05, 0) is 41.6 Å². The molecule has 0 saturated carbocycles. The molecule has 18 heavy (non-hydrogen) atoms. The first-order valence-electron chi connectivity index (χ1n) is 5.46. The van der Waals surface area contributed by atoms with Crippen molar-refractivity contribution in [2.75, 3.05) is 20.8 Å². The van der Waals surface area contributed by atoms with Crippen molar-refractivity contribution in [3.05, 3.63) is 21.3 Å². The zero-order chi connectivity index (χ0) is 13.7. The summed E-state index contributed by atoms with van der Waals surface area (Å²) in [5.41, 5.74) is 6.03. The summed E-state index contributed by atoms with van der Waals surface area (Å²) in [5, 5.41) is 2.81. The van der Waals surface area contributed by atoms with E-state index in [1.165, 1.54) is 7.11 Å².